The molecule has 0 unspecified atom stereocenters. The van der Waals surface area contributed by atoms with E-state index in [4.69, 9.17) is 0 Å². The molecular formula is C15H21NO4. The lowest BCUT2D eigenvalue weighted by molar-refractivity contribution is -0.143. The normalized spacial score (nSPS) is 10.4. The molecular weight excluding hydrogens is 258 g/mol. The zero-order valence-electron chi connectivity index (χ0n) is 12.1. The van der Waals surface area contributed by atoms with Crippen LogP contribution in [0.4, 0.5) is 0 Å². The fraction of sp³-hybridized carbons (Fsp3) is 0.467. The summed E-state index contributed by atoms with van der Waals surface area (Å²) >= 11 is 0. The average molecular weight is 279 g/mol. The van der Waals surface area contributed by atoms with Gasteiger partial charge in [0.25, 0.3) is 0 Å². The molecule has 1 aromatic carbocycles. The van der Waals surface area contributed by atoms with E-state index in [0.29, 0.717) is 6.54 Å². The minimum absolute atomic E-state index is 0.136. The fourth-order valence-electron chi connectivity index (χ4n) is 1.87. The summed E-state index contributed by atoms with van der Waals surface area (Å²) < 4.78 is 9.27. The lowest BCUT2D eigenvalue weighted by atomic mass is 10.1. The Labute approximate surface area is 119 Å². The Kier molecular flexibility index (Phi) is 6.73. The predicted molar refractivity (Wildman–Crippen MR) is 75.1 cm³/mol. The summed E-state index contributed by atoms with van der Waals surface area (Å²) in [5.74, 6) is -0.703. The molecule has 0 atom stereocenters. The molecule has 0 saturated heterocycles. The summed E-state index contributed by atoms with van der Waals surface area (Å²) in [6.45, 7) is 2.60. The standard InChI is InChI=1S/C15H21NO4/c1-11-5-4-6-12(7-11)10-16-13(8-14(17)19-2)9-15(18)20-3/h4-7,13,16H,8-10H2,1-3H3. The van der Waals surface area contributed by atoms with Crippen molar-refractivity contribution < 1.29 is 19.1 Å². The average Bonchev–Trinajstić information content (AvgIpc) is 2.44. The van der Waals surface area contributed by atoms with E-state index in [9.17, 15) is 9.59 Å². The molecule has 20 heavy (non-hydrogen) atoms. The maximum absolute atomic E-state index is 11.3. The zero-order chi connectivity index (χ0) is 15.0. The molecule has 0 radical (unpaired) electrons. The lowest BCUT2D eigenvalue weighted by Crippen LogP contribution is -2.33. The van der Waals surface area contributed by atoms with Crippen molar-refractivity contribution in [3.05, 3.63) is 35.4 Å². The molecule has 0 saturated carbocycles. The van der Waals surface area contributed by atoms with Gasteiger partial charge in [-0.05, 0) is 12.5 Å². The third kappa shape index (κ3) is 5.84. The minimum atomic E-state index is -0.351. The van der Waals surface area contributed by atoms with Crippen molar-refractivity contribution in [3.63, 3.8) is 0 Å². The molecule has 1 N–H and O–H groups in total. The molecule has 5 nitrogen and oxygen atoms in total. The maximum atomic E-state index is 11.3. The van der Waals surface area contributed by atoms with E-state index in [1.807, 2.05) is 25.1 Å². The van der Waals surface area contributed by atoms with Gasteiger partial charge >= 0.3 is 11.9 Å². The first kappa shape index (κ1) is 16.2. The van der Waals surface area contributed by atoms with Crippen LogP contribution in [0.25, 0.3) is 0 Å². The van der Waals surface area contributed by atoms with Gasteiger partial charge in [0.1, 0.15) is 0 Å². The smallest absolute Gasteiger partial charge is 0.307 e. The van der Waals surface area contributed by atoms with Gasteiger partial charge in [-0.2, -0.15) is 0 Å². The van der Waals surface area contributed by atoms with Crippen LogP contribution in [0.1, 0.15) is 24.0 Å². The first-order valence-electron chi connectivity index (χ1n) is 6.47. The van der Waals surface area contributed by atoms with Gasteiger partial charge in [0.05, 0.1) is 27.1 Å². The summed E-state index contributed by atoms with van der Waals surface area (Å²) in [5.41, 5.74) is 2.27. The highest BCUT2D eigenvalue weighted by Gasteiger charge is 2.18. The van der Waals surface area contributed by atoms with Crippen LogP contribution >= 0.6 is 0 Å². The van der Waals surface area contributed by atoms with Crippen molar-refractivity contribution in [2.24, 2.45) is 0 Å². The number of carbonyl (C=O) groups excluding carboxylic acids is 2. The zero-order valence-corrected chi connectivity index (χ0v) is 12.1. The Morgan fingerprint density at radius 1 is 1.15 bits per heavy atom. The second kappa shape index (κ2) is 8.32. The Balaban J connectivity index is 2.59. The van der Waals surface area contributed by atoms with Gasteiger partial charge in [0.2, 0.25) is 0 Å². The highest BCUT2D eigenvalue weighted by atomic mass is 16.5. The molecule has 0 aliphatic rings. The fourth-order valence-corrected chi connectivity index (χ4v) is 1.87. The van der Waals surface area contributed by atoms with Crippen LogP contribution in [0, 0.1) is 6.92 Å². The summed E-state index contributed by atoms with van der Waals surface area (Å²) in [7, 11) is 2.66. The topological polar surface area (TPSA) is 64.6 Å². The van der Waals surface area contributed by atoms with Gasteiger partial charge in [-0.1, -0.05) is 29.8 Å². The number of benzene rings is 1. The minimum Gasteiger partial charge on any atom is -0.469 e. The van der Waals surface area contributed by atoms with Crippen molar-refractivity contribution in [2.45, 2.75) is 32.4 Å². The number of carbonyl (C=O) groups is 2. The van der Waals surface area contributed by atoms with E-state index < -0.39 is 0 Å². The van der Waals surface area contributed by atoms with Crippen LogP contribution in [0.5, 0.6) is 0 Å². The lowest BCUT2D eigenvalue weighted by Gasteiger charge is -2.16. The van der Waals surface area contributed by atoms with E-state index in [1.54, 1.807) is 0 Å². The molecule has 1 rings (SSSR count). The molecule has 110 valence electrons. The first-order chi connectivity index (χ1) is 9.55. The van der Waals surface area contributed by atoms with Crippen molar-refractivity contribution in [1.82, 2.24) is 5.32 Å². The van der Waals surface area contributed by atoms with Crippen LogP contribution in [-0.4, -0.2) is 32.2 Å². The number of aryl methyl sites for hydroxylation is 1. The Morgan fingerprint density at radius 2 is 1.75 bits per heavy atom. The molecule has 0 aromatic heterocycles. The SMILES string of the molecule is COC(=O)CC(CC(=O)OC)NCc1cccc(C)c1. The first-order valence-corrected chi connectivity index (χ1v) is 6.47. The van der Waals surface area contributed by atoms with Gasteiger partial charge in [0, 0.05) is 12.6 Å². The van der Waals surface area contributed by atoms with Crippen LogP contribution in [-0.2, 0) is 25.6 Å². The van der Waals surface area contributed by atoms with Crippen LogP contribution in [0.3, 0.4) is 0 Å². The number of hydrogen-bond acceptors (Lipinski definition) is 5. The number of rotatable bonds is 7. The second-order valence-corrected chi connectivity index (χ2v) is 4.63. The van der Waals surface area contributed by atoms with Crippen molar-refractivity contribution in [3.8, 4) is 0 Å². The van der Waals surface area contributed by atoms with E-state index in [2.05, 4.69) is 20.9 Å². The monoisotopic (exact) mass is 279 g/mol. The molecule has 0 amide bonds. The summed E-state index contributed by atoms with van der Waals surface area (Å²) in [5, 5.41) is 3.19. The van der Waals surface area contributed by atoms with Gasteiger partial charge in [-0.25, -0.2) is 0 Å². The molecule has 1 aromatic rings. The molecule has 0 spiro atoms. The molecule has 0 bridgehead atoms. The van der Waals surface area contributed by atoms with E-state index in [0.717, 1.165) is 5.56 Å². The van der Waals surface area contributed by atoms with Crippen molar-refractivity contribution in [1.29, 1.82) is 0 Å². The van der Waals surface area contributed by atoms with Crippen LogP contribution in [0.2, 0.25) is 0 Å². The number of hydrogen-bond donors (Lipinski definition) is 1. The molecule has 0 fully saturated rings. The van der Waals surface area contributed by atoms with Crippen LogP contribution < -0.4 is 5.32 Å². The van der Waals surface area contributed by atoms with Gasteiger partial charge in [0.15, 0.2) is 0 Å². The largest absolute Gasteiger partial charge is 0.469 e. The number of ether oxygens (including phenoxy) is 2. The third-order valence-corrected chi connectivity index (χ3v) is 2.96. The van der Waals surface area contributed by atoms with Crippen molar-refractivity contribution in [2.75, 3.05) is 14.2 Å². The third-order valence-electron chi connectivity index (χ3n) is 2.96. The van der Waals surface area contributed by atoms with Gasteiger partial charge < -0.3 is 14.8 Å². The molecule has 0 aliphatic heterocycles. The maximum Gasteiger partial charge on any atom is 0.307 e. The van der Waals surface area contributed by atoms with E-state index in [-0.39, 0.29) is 30.8 Å². The number of esters is 2. The quantitative estimate of drug-likeness (QED) is 0.768. The Hall–Kier alpha value is -1.88. The van der Waals surface area contributed by atoms with E-state index in [1.165, 1.54) is 19.8 Å². The molecule has 0 aliphatic carbocycles. The predicted octanol–water partition coefficient (Wildman–Crippen LogP) is 1.58. The molecule has 0 heterocycles. The number of methoxy groups -OCH3 is 2. The van der Waals surface area contributed by atoms with Gasteiger partial charge in [-0.3, -0.25) is 9.59 Å². The summed E-state index contributed by atoms with van der Waals surface area (Å²) in [6.07, 6.45) is 0.273. The summed E-state index contributed by atoms with van der Waals surface area (Å²) in [4.78, 5) is 22.7. The summed E-state index contributed by atoms with van der Waals surface area (Å²) in [6, 6.07) is 7.75. The highest BCUT2D eigenvalue weighted by molar-refractivity contribution is 5.73. The van der Waals surface area contributed by atoms with Crippen LogP contribution in [0.15, 0.2) is 24.3 Å². The second-order valence-electron chi connectivity index (χ2n) is 4.63. The van der Waals surface area contributed by atoms with Gasteiger partial charge in [-0.15, -0.1) is 0 Å². The highest BCUT2D eigenvalue weighted by Crippen LogP contribution is 2.07. The van der Waals surface area contributed by atoms with E-state index >= 15 is 0 Å². The Bertz CT molecular complexity index is 441. The molecule has 5 heteroatoms. The number of nitrogens with one attached hydrogen (secondary N) is 1. The Morgan fingerprint density at radius 3 is 2.25 bits per heavy atom. The van der Waals surface area contributed by atoms with Crippen molar-refractivity contribution >= 4 is 11.9 Å².